The Kier molecular flexibility index (Phi) is 7.45. The van der Waals surface area contributed by atoms with Gasteiger partial charge in [0.1, 0.15) is 0 Å². The predicted octanol–water partition coefficient (Wildman–Crippen LogP) is 2.04. The SMILES string of the molecule is CCCCN(CCCC)C(=N)NC. The molecule has 0 atom stereocenters. The molecule has 0 aromatic rings. The molecule has 0 rings (SSSR count). The van der Waals surface area contributed by atoms with E-state index in [4.69, 9.17) is 5.41 Å². The van der Waals surface area contributed by atoms with E-state index in [1.807, 2.05) is 7.05 Å². The lowest BCUT2D eigenvalue weighted by Gasteiger charge is -2.24. The minimum Gasteiger partial charge on any atom is -0.359 e. The quantitative estimate of drug-likeness (QED) is 0.491. The average Bonchev–Trinajstić information content (AvgIpc) is 2.17. The number of hydrogen-bond acceptors (Lipinski definition) is 1. The molecule has 0 aliphatic heterocycles. The van der Waals surface area contributed by atoms with Crippen molar-refractivity contribution in [1.29, 1.82) is 5.41 Å². The van der Waals surface area contributed by atoms with Gasteiger partial charge >= 0.3 is 0 Å². The van der Waals surface area contributed by atoms with Gasteiger partial charge in [0.15, 0.2) is 5.96 Å². The molecule has 0 fully saturated rings. The van der Waals surface area contributed by atoms with Crippen molar-refractivity contribution in [3.8, 4) is 0 Å². The summed E-state index contributed by atoms with van der Waals surface area (Å²) >= 11 is 0. The Morgan fingerprint density at radius 3 is 1.92 bits per heavy atom. The van der Waals surface area contributed by atoms with Crippen LogP contribution in [0.3, 0.4) is 0 Å². The van der Waals surface area contributed by atoms with Crippen LogP contribution >= 0.6 is 0 Å². The zero-order valence-electron chi connectivity index (χ0n) is 9.19. The Morgan fingerprint density at radius 2 is 1.62 bits per heavy atom. The van der Waals surface area contributed by atoms with Crippen molar-refractivity contribution < 1.29 is 0 Å². The van der Waals surface area contributed by atoms with Gasteiger partial charge in [0.25, 0.3) is 0 Å². The Hall–Kier alpha value is -0.730. The molecule has 0 saturated carbocycles. The molecule has 0 aromatic carbocycles. The molecule has 3 nitrogen and oxygen atoms in total. The van der Waals surface area contributed by atoms with Crippen LogP contribution in [0.1, 0.15) is 39.5 Å². The summed E-state index contributed by atoms with van der Waals surface area (Å²) in [6.45, 7) is 6.38. The Labute approximate surface area is 82.0 Å². The standard InChI is InChI=1S/C10H23N3/c1-4-6-8-13(9-7-5-2)10(11)12-3/h4-9H2,1-3H3,(H2,11,12). The van der Waals surface area contributed by atoms with Gasteiger partial charge in [-0.25, -0.2) is 0 Å². The molecule has 0 unspecified atom stereocenters. The van der Waals surface area contributed by atoms with Crippen LogP contribution in [0, 0.1) is 5.41 Å². The number of rotatable bonds is 6. The third kappa shape index (κ3) is 5.50. The molecule has 13 heavy (non-hydrogen) atoms. The molecule has 0 bridgehead atoms. The molecule has 0 amide bonds. The number of guanidine groups is 1. The second-order valence-electron chi connectivity index (χ2n) is 3.29. The second-order valence-corrected chi connectivity index (χ2v) is 3.29. The minimum absolute atomic E-state index is 0.557. The van der Waals surface area contributed by atoms with Gasteiger partial charge < -0.3 is 10.2 Å². The third-order valence-corrected chi connectivity index (χ3v) is 2.12. The van der Waals surface area contributed by atoms with Crippen molar-refractivity contribution >= 4 is 5.96 Å². The van der Waals surface area contributed by atoms with Gasteiger partial charge in [0.2, 0.25) is 0 Å². The molecule has 0 aliphatic rings. The molecule has 0 radical (unpaired) electrons. The van der Waals surface area contributed by atoms with Crippen LogP contribution in [0.15, 0.2) is 0 Å². The highest BCUT2D eigenvalue weighted by molar-refractivity contribution is 5.76. The van der Waals surface area contributed by atoms with Gasteiger partial charge in [-0.15, -0.1) is 0 Å². The van der Waals surface area contributed by atoms with Gasteiger partial charge in [0.05, 0.1) is 0 Å². The first kappa shape index (κ1) is 12.3. The fourth-order valence-corrected chi connectivity index (χ4v) is 1.19. The zero-order valence-corrected chi connectivity index (χ0v) is 9.19. The normalized spacial score (nSPS) is 9.77. The van der Waals surface area contributed by atoms with Crippen molar-refractivity contribution in [3.05, 3.63) is 0 Å². The summed E-state index contributed by atoms with van der Waals surface area (Å²) in [5, 5.41) is 10.6. The van der Waals surface area contributed by atoms with E-state index in [-0.39, 0.29) is 0 Å². The fraction of sp³-hybridized carbons (Fsp3) is 0.900. The first-order chi connectivity index (χ1) is 6.26. The predicted molar refractivity (Wildman–Crippen MR) is 58.2 cm³/mol. The highest BCUT2D eigenvalue weighted by Crippen LogP contribution is 1.98. The lowest BCUT2D eigenvalue weighted by molar-refractivity contribution is 0.385. The summed E-state index contributed by atoms with van der Waals surface area (Å²) in [4.78, 5) is 2.12. The molecular weight excluding hydrogens is 162 g/mol. The fourth-order valence-electron chi connectivity index (χ4n) is 1.19. The molecule has 78 valence electrons. The maximum Gasteiger partial charge on any atom is 0.190 e. The van der Waals surface area contributed by atoms with Crippen molar-refractivity contribution in [1.82, 2.24) is 10.2 Å². The first-order valence-corrected chi connectivity index (χ1v) is 5.27. The van der Waals surface area contributed by atoms with Gasteiger partial charge in [-0.1, -0.05) is 26.7 Å². The highest BCUT2D eigenvalue weighted by atomic mass is 15.3. The maximum atomic E-state index is 7.67. The van der Waals surface area contributed by atoms with E-state index >= 15 is 0 Å². The van der Waals surface area contributed by atoms with Crippen LogP contribution in [0.25, 0.3) is 0 Å². The van der Waals surface area contributed by atoms with Crippen LogP contribution in [0.4, 0.5) is 0 Å². The van der Waals surface area contributed by atoms with E-state index in [0.29, 0.717) is 5.96 Å². The smallest absolute Gasteiger partial charge is 0.190 e. The third-order valence-electron chi connectivity index (χ3n) is 2.12. The second kappa shape index (κ2) is 7.90. The summed E-state index contributed by atoms with van der Waals surface area (Å²) in [5.74, 6) is 0.557. The number of nitrogens with zero attached hydrogens (tertiary/aromatic N) is 1. The van der Waals surface area contributed by atoms with E-state index in [2.05, 4.69) is 24.1 Å². The summed E-state index contributed by atoms with van der Waals surface area (Å²) in [7, 11) is 1.81. The van der Waals surface area contributed by atoms with E-state index in [1.165, 1.54) is 25.7 Å². The van der Waals surface area contributed by atoms with E-state index in [1.54, 1.807) is 0 Å². The monoisotopic (exact) mass is 185 g/mol. The van der Waals surface area contributed by atoms with Crippen LogP contribution in [0.2, 0.25) is 0 Å². The molecule has 0 aliphatic carbocycles. The molecule has 0 aromatic heterocycles. The van der Waals surface area contributed by atoms with E-state index in [9.17, 15) is 0 Å². The topological polar surface area (TPSA) is 39.1 Å². The Morgan fingerprint density at radius 1 is 1.15 bits per heavy atom. The van der Waals surface area contributed by atoms with Crippen LogP contribution in [0.5, 0.6) is 0 Å². The Bertz CT molecular complexity index is 126. The van der Waals surface area contributed by atoms with Crippen LogP contribution in [-0.4, -0.2) is 31.0 Å². The van der Waals surface area contributed by atoms with Gasteiger partial charge in [-0.2, -0.15) is 0 Å². The molecule has 0 saturated heterocycles. The summed E-state index contributed by atoms with van der Waals surface area (Å²) < 4.78 is 0. The van der Waals surface area contributed by atoms with Crippen LogP contribution < -0.4 is 5.32 Å². The Balaban J connectivity index is 3.79. The largest absolute Gasteiger partial charge is 0.359 e. The van der Waals surface area contributed by atoms with Crippen molar-refractivity contribution in [2.75, 3.05) is 20.1 Å². The molecular formula is C10H23N3. The summed E-state index contributed by atoms with van der Waals surface area (Å²) in [6, 6.07) is 0. The minimum atomic E-state index is 0.557. The van der Waals surface area contributed by atoms with E-state index < -0.39 is 0 Å². The number of unbranched alkanes of at least 4 members (excludes halogenated alkanes) is 2. The molecule has 2 N–H and O–H groups in total. The molecule has 3 heteroatoms. The van der Waals surface area contributed by atoms with Crippen LogP contribution in [-0.2, 0) is 0 Å². The van der Waals surface area contributed by atoms with E-state index in [0.717, 1.165) is 13.1 Å². The van der Waals surface area contributed by atoms with Gasteiger partial charge in [0, 0.05) is 20.1 Å². The lowest BCUT2D eigenvalue weighted by atomic mass is 10.3. The van der Waals surface area contributed by atoms with Gasteiger partial charge in [-0.05, 0) is 12.8 Å². The summed E-state index contributed by atoms with van der Waals surface area (Å²) in [5.41, 5.74) is 0. The number of nitrogens with one attached hydrogen (secondary N) is 2. The average molecular weight is 185 g/mol. The molecule has 0 spiro atoms. The van der Waals surface area contributed by atoms with Crippen molar-refractivity contribution in [2.45, 2.75) is 39.5 Å². The highest BCUT2D eigenvalue weighted by Gasteiger charge is 2.05. The molecule has 0 heterocycles. The van der Waals surface area contributed by atoms with Crippen molar-refractivity contribution in [2.24, 2.45) is 0 Å². The number of hydrogen-bond donors (Lipinski definition) is 2. The zero-order chi connectivity index (χ0) is 10.1. The maximum absolute atomic E-state index is 7.67. The van der Waals surface area contributed by atoms with Gasteiger partial charge in [-0.3, -0.25) is 5.41 Å². The van der Waals surface area contributed by atoms with Crippen molar-refractivity contribution in [3.63, 3.8) is 0 Å². The summed E-state index contributed by atoms with van der Waals surface area (Å²) in [6.07, 6.45) is 4.74. The first-order valence-electron chi connectivity index (χ1n) is 5.27. The lowest BCUT2D eigenvalue weighted by Crippen LogP contribution is -2.39.